The molecule has 0 unspecified atom stereocenters. The normalized spacial score (nSPS) is 32.9. The Hall–Kier alpha value is -0.570. The van der Waals surface area contributed by atoms with Crippen LogP contribution in [-0.2, 0) is 4.79 Å². The summed E-state index contributed by atoms with van der Waals surface area (Å²) in [6.45, 7) is 6.30. The van der Waals surface area contributed by atoms with Crippen molar-refractivity contribution in [1.29, 1.82) is 0 Å². The van der Waals surface area contributed by atoms with Crippen LogP contribution >= 0.6 is 0 Å². The van der Waals surface area contributed by atoms with Crippen molar-refractivity contribution < 1.29 is 4.79 Å². The van der Waals surface area contributed by atoms with Gasteiger partial charge in [0.05, 0.1) is 0 Å². The van der Waals surface area contributed by atoms with Crippen LogP contribution in [0.1, 0.15) is 46.0 Å². The highest BCUT2D eigenvalue weighted by Crippen LogP contribution is 2.39. The molecule has 0 aromatic rings. The van der Waals surface area contributed by atoms with Gasteiger partial charge in [0, 0.05) is 18.5 Å². The summed E-state index contributed by atoms with van der Waals surface area (Å²) in [5.41, 5.74) is 0.397. The number of rotatable bonds is 3. The van der Waals surface area contributed by atoms with Gasteiger partial charge in [0.1, 0.15) is 0 Å². The molecule has 2 N–H and O–H groups in total. The van der Waals surface area contributed by atoms with Crippen LogP contribution in [0.15, 0.2) is 0 Å². The first-order valence-corrected chi connectivity index (χ1v) is 6.60. The molecule has 2 atom stereocenters. The van der Waals surface area contributed by atoms with Gasteiger partial charge in [-0.05, 0) is 44.6 Å². The lowest BCUT2D eigenvalue weighted by Gasteiger charge is -2.39. The van der Waals surface area contributed by atoms with E-state index < -0.39 is 0 Å². The summed E-state index contributed by atoms with van der Waals surface area (Å²) in [5.74, 6) is 0.515. The molecule has 1 saturated heterocycles. The van der Waals surface area contributed by atoms with Gasteiger partial charge >= 0.3 is 0 Å². The number of piperidine rings is 1. The zero-order valence-corrected chi connectivity index (χ0v) is 10.5. The van der Waals surface area contributed by atoms with E-state index in [9.17, 15) is 4.79 Å². The Morgan fingerprint density at radius 1 is 1.50 bits per heavy atom. The van der Waals surface area contributed by atoms with E-state index in [0.717, 1.165) is 25.9 Å². The highest BCUT2D eigenvalue weighted by molar-refractivity contribution is 5.78. The molecule has 2 rings (SSSR count). The lowest BCUT2D eigenvalue weighted by molar-refractivity contribution is -0.126. The first kappa shape index (κ1) is 11.9. The van der Waals surface area contributed by atoms with E-state index in [4.69, 9.17) is 0 Å². The lowest BCUT2D eigenvalue weighted by Crippen LogP contribution is -2.46. The highest BCUT2D eigenvalue weighted by Gasteiger charge is 2.33. The molecule has 1 aliphatic heterocycles. The first-order valence-electron chi connectivity index (χ1n) is 6.60. The summed E-state index contributed by atoms with van der Waals surface area (Å²) < 4.78 is 0. The first-order chi connectivity index (χ1) is 7.59. The van der Waals surface area contributed by atoms with E-state index in [1.165, 1.54) is 19.3 Å². The van der Waals surface area contributed by atoms with Crippen LogP contribution in [0.2, 0.25) is 0 Å². The molecule has 0 radical (unpaired) electrons. The van der Waals surface area contributed by atoms with Crippen molar-refractivity contribution in [3.63, 3.8) is 0 Å². The Balaban J connectivity index is 1.74. The van der Waals surface area contributed by atoms with Gasteiger partial charge in [-0.2, -0.15) is 0 Å². The Labute approximate surface area is 98.4 Å². The van der Waals surface area contributed by atoms with Gasteiger partial charge in [0.2, 0.25) is 5.91 Å². The quantitative estimate of drug-likeness (QED) is 0.766. The zero-order valence-electron chi connectivity index (χ0n) is 10.5. The topological polar surface area (TPSA) is 41.1 Å². The number of carbonyl (C=O) groups is 1. The maximum Gasteiger partial charge on any atom is 0.223 e. The third-order valence-corrected chi connectivity index (χ3v) is 4.24. The predicted octanol–water partition coefficient (Wildman–Crippen LogP) is 1.68. The van der Waals surface area contributed by atoms with Crippen molar-refractivity contribution in [3.8, 4) is 0 Å². The summed E-state index contributed by atoms with van der Waals surface area (Å²) in [7, 11) is 0. The maximum absolute atomic E-state index is 12.0. The van der Waals surface area contributed by atoms with Gasteiger partial charge < -0.3 is 10.6 Å². The van der Waals surface area contributed by atoms with Crippen molar-refractivity contribution in [2.24, 2.45) is 11.3 Å². The van der Waals surface area contributed by atoms with Crippen molar-refractivity contribution in [2.45, 2.75) is 52.0 Å². The average molecular weight is 224 g/mol. The Bertz CT molecular complexity index is 261. The lowest BCUT2D eigenvalue weighted by atomic mass is 9.70. The SMILES string of the molecule is C[C@H]1C[C@@H](C(=O)NCC2(C)CCC2)CCN1. The summed E-state index contributed by atoms with van der Waals surface area (Å²) in [4.78, 5) is 12.0. The molecule has 16 heavy (non-hydrogen) atoms. The van der Waals surface area contributed by atoms with Crippen molar-refractivity contribution in [3.05, 3.63) is 0 Å². The van der Waals surface area contributed by atoms with E-state index >= 15 is 0 Å². The molecule has 2 aliphatic rings. The second kappa shape index (κ2) is 4.74. The van der Waals surface area contributed by atoms with Crippen LogP contribution < -0.4 is 10.6 Å². The van der Waals surface area contributed by atoms with Crippen molar-refractivity contribution in [2.75, 3.05) is 13.1 Å². The summed E-state index contributed by atoms with van der Waals surface area (Å²) in [6, 6.07) is 0.490. The molecule has 3 nitrogen and oxygen atoms in total. The fourth-order valence-corrected chi connectivity index (χ4v) is 2.77. The van der Waals surface area contributed by atoms with Crippen molar-refractivity contribution >= 4 is 5.91 Å². The Morgan fingerprint density at radius 3 is 2.81 bits per heavy atom. The molecule has 1 amide bonds. The number of hydrogen-bond donors (Lipinski definition) is 2. The fraction of sp³-hybridized carbons (Fsp3) is 0.923. The minimum Gasteiger partial charge on any atom is -0.355 e. The van der Waals surface area contributed by atoms with Gasteiger partial charge in [-0.3, -0.25) is 4.79 Å². The monoisotopic (exact) mass is 224 g/mol. The van der Waals surface area contributed by atoms with Gasteiger partial charge in [-0.15, -0.1) is 0 Å². The maximum atomic E-state index is 12.0. The van der Waals surface area contributed by atoms with Crippen LogP contribution in [0.4, 0.5) is 0 Å². The highest BCUT2D eigenvalue weighted by atomic mass is 16.1. The molecule has 0 aromatic heterocycles. The summed E-state index contributed by atoms with van der Waals surface area (Å²) in [6.07, 6.45) is 5.86. The third-order valence-electron chi connectivity index (χ3n) is 4.24. The smallest absolute Gasteiger partial charge is 0.223 e. The second-order valence-electron chi connectivity index (χ2n) is 5.96. The number of amides is 1. The standard InChI is InChI=1S/C13H24N2O/c1-10-8-11(4-7-14-10)12(16)15-9-13(2)5-3-6-13/h10-11,14H,3-9H2,1-2H3,(H,15,16)/t10-,11-/m0/s1. The van der Waals surface area contributed by atoms with Gasteiger partial charge in [-0.25, -0.2) is 0 Å². The third kappa shape index (κ3) is 2.76. The predicted molar refractivity (Wildman–Crippen MR) is 65.2 cm³/mol. The molecule has 2 fully saturated rings. The average Bonchev–Trinajstić information content (AvgIpc) is 2.23. The molecule has 0 bridgehead atoms. The molecule has 3 heteroatoms. The molecule has 92 valence electrons. The zero-order chi connectivity index (χ0) is 11.6. The van der Waals surface area contributed by atoms with E-state index in [2.05, 4.69) is 24.5 Å². The van der Waals surface area contributed by atoms with E-state index in [1.807, 2.05) is 0 Å². The minimum absolute atomic E-state index is 0.236. The van der Waals surface area contributed by atoms with Crippen LogP contribution in [0.3, 0.4) is 0 Å². The number of carbonyl (C=O) groups excluding carboxylic acids is 1. The number of nitrogens with one attached hydrogen (secondary N) is 2. The van der Waals surface area contributed by atoms with Gasteiger partial charge in [0.15, 0.2) is 0 Å². The second-order valence-corrected chi connectivity index (χ2v) is 5.96. The van der Waals surface area contributed by atoms with E-state index in [-0.39, 0.29) is 11.8 Å². The van der Waals surface area contributed by atoms with Crippen LogP contribution in [0.5, 0.6) is 0 Å². The molecule has 1 heterocycles. The molecular formula is C13H24N2O. The summed E-state index contributed by atoms with van der Waals surface area (Å²) >= 11 is 0. The Morgan fingerprint density at radius 2 is 2.25 bits per heavy atom. The van der Waals surface area contributed by atoms with E-state index in [0.29, 0.717) is 11.5 Å². The van der Waals surface area contributed by atoms with Gasteiger partial charge in [-0.1, -0.05) is 13.3 Å². The van der Waals surface area contributed by atoms with E-state index in [1.54, 1.807) is 0 Å². The molecule has 0 spiro atoms. The van der Waals surface area contributed by atoms with Crippen LogP contribution in [0.25, 0.3) is 0 Å². The fourth-order valence-electron chi connectivity index (χ4n) is 2.77. The van der Waals surface area contributed by atoms with Gasteiger partial charge in [0.25, 0.3) is 0 Å². The molecule has 1 aliphatic carbocycles. The Kier molecular flexibility index (Phi) is 3.53. The molecule has 1 saturated carbocycles. The van der Waals surface area contributed by atoms with Crippen LogP contribution in [0, 0.1) is 11.3 Å². The summed E-state index contributed by atoms with van der Waals surface area (Å²) in [5, 5.41) is 6.53. The number of hydrogen-bond acceptors (Lipinski definition) is 2. The molecular weight excluding hydrogens is 200 g/mol. The minimum atomic E-state index is 0.236. The molecule has 0 aromatic carbocycles. The van der Waals surface area contributed by atoms with Crippen LogP contribution in [-0.4, -0.2) is 25.0 Å². The van der Waals surface area contributed by atoms with Crippen molar-refractivity contribution in [1.82, 2.24) is 10.6 Å². The largest absolute Gasteiger partial charge is 0.355 e.